The summed E-state index contributed by atoms with van der Waals surface area (Å²) in [6.45, 7) is 4.04. The predicted molar refractivity (Wildman–Crippen MR) is 102 cm³/mol. The van der Waals surface area contributed by atoms with Gasteiger partial charge in [-0.2, -0.15) is 0 Å². The van der Waals surface area contributed by atoms with Gasteiger partial charge in [0.2, 0.25) is 0 Å². The third-order valence-corrected chi connectivity index (χ3v) is 4.42. The molecule has 1 aromatic heterocycles. The van der Waals surface area contributed by atoms with Gasteiger partial charge >= 0.3 is 0 Å². The number of methoxy groups -OCH3 is 3. The zero-order valence-corrected chi connectivity index (χ0v) is 15.9. The van der Waals surface area contributed by atoms with E-state index in [2.05, 4.69) is 27.1 Å². The van der Waals surface area contributed by atoms with Crippen molar-refractivity contribution in [1.82, 2.24) is 10.6 Å². The Kier molecular flexibility index (Phi) is 7.40. The summed E-state index contributed by atoms with van der Waals surface area (Å²) in [6.07, 6.45) is 0. The smallest absolute Gasteiger partial charge is 0.191 e. The number of aliphatic imine (C=N–C) groups is 1. The second kappa shape index (κ2) is 9.78. The van der Waals surface area contributed by atoms with E-state index in [-0.39, 0.29) is 0 Å². The molecule has 0 spiro atoms. The van der Waals surface area contributed by atoms with Gasteiger partial charge in [0.1, 0.15) is 5.75 Å². The van der Waals surface area contributed by atoms with E-state index < -0.39 is 0 Å². The summed E-state index contributed by atoms with van der Waals surface area (Å²) in [4.78, 5) is 5.90. The van der Waals surface area contributed by atoms with E-state index in [1.165, 1.54) is 4.88 Å². The molecule has 0 saturated heterocycles. The second-order valence-corrected chi connectivity index (χ2v) is 6.18. The number of nitrogens with one attached hydrogen (secondary N) is 2. The van der Waals surface area contributed by atoms with Crippen LogP contribution in [0.2, 0.25) is 0 Å². The largest absolute Gasteiger partial charge is 0.496 e. The molecule has 0 amide bonds. The Morgan fingerprint density at radius 1 is 1.04 bits per heavy atom. The van der Waals surface area contributed by atoms with Gasteiger partial charge in [-0.3, -0.25) is 0 Å². The number of nitrogens with zero attached hydrogens (tertiary/aromatic N) is 1. The summed E-state index contributed by atoms with van der Waals surface area (Å²) in [6, 6.07) is 7.85. The predicted octanol–water partition coefficient (Wildman–Crippen LogP) is 3.03. The molecule has 0 atom stereocenters. The minimum Gasteiger partial charge on any atom is -0.496 e. The van der Waals surface area contributed by atoms with Crippen molar-refractivity contribution >= 4 is 17.3 Å². The molecule has 2 rings (SSSR count). The Bertz CT molecular complexity index is 687. The third-order valence-electron chi connectivity index (χ3n) is 3.55. The number of thiophene rings is 1. The fourth-order valence-electron chi connectivity index (χ4n) is 2.31. The average molecular weight is 363 g/mol. The average Bonchev–Trinajstić information content (AvgIpc) is 3.16. The van der Waals surface area contributed by atoms with Gasteiger partial charge in [0.05, 0.1) is 34.4 Å². The highest BCUT2D eigenvalue weighted by atomic mass is 32.1. The highest BCUT2D eigenvalue weighted by Crippen LogP contribution is 2.34. The summed E-state index contributed by atoms with van der Waals surface area (Å²) in [5.41, 5.74) is 0.925. The van der Waals surface area contributed by atoms with Crippen LogP contribution in [-0.2, 0) is 13.1 Å². The van der Waals surface area contributed by atoms with Crippen LogP contribution < -0.4 is 24.8 Å². The molecule has 2 aromatic rings. The number of ether oxygens (including phenoxy) is 3. The molecule has 1 heterocycles. The van der Waals surface area contributed by atoms with Crippen molar-refractivity contribution in [2.24, 2.45) is 4.99 Å². The quantitative estimate of drug-likeness (QED) is 0.558. The van der Waals surface area contributed by atoms with Crippen molar-refractivity contribution in [3.63, 3.8) is 0 Å². The first-order chi connectivity index (χ1) is 12.2. The molecule has 0 bridgehead atoms. The van der Waals surface area contributed by atoms with Crippen LogP contribution >= 0.6 is 11.3 Å². The van der Waals surface area contributed by atoms with Crippen LogP contribution in [0.25, 0.3) is 0 Å². The van der Waals surface area contributed by atoms with Crippen LogP contribution in [-0.4, -0.2) is 33.8 Å². The fraction of sp³-hybridized carbons (Fsp3) is 0.389. The number of rotatable bonds is 8. The molecular weight excluding hydrogens is 338 g/mol. The lowest BCUT2D eigenvalue weighted by Gasteiger charge is -2.14. The maximum absolute atomic E-state index is 5.45. The Morgan fingerprint density at radius 2 is 1.76 bits per heavy atom. The highest BCUT2D eigenvalue weighted by molar-refractivity contribution is 7.09. The maximum Gasteiger partial charge on any atom is 0.191 e. The summed E-state index contributed by atoms with van der Waals surface area (Å²) >= 11 is 1.72. The van der Waals surface area contributed by atoms with Gasteiger partial charge in [-0.25, -0.2) is 4.99 Å². The van der Waals surface area contributed by atoms with Gasteiger partial charge in [0.25, 0.3) is 0 Å². The number of hydrogen-bond acceptors (Lipinski definition) is 5. The zero-order valence-electron chi connectivity index (χ0n) is 15.1. The van der Waals surface area contributed by atoms with Crippen LogP contribution in [0.15, 0.2) is 34.6 Å². The minimum absolute atomic E-state index is 0.462. The van der Waals surface area contributed by atoms with Crippen molar-refractivity contribution in [3.8, 4) is 17.2 Å². The van der Waals surface area contributed by atoms with E-state index in [0.29, 0.717) is 18.0 Å². The van der Waals surface area contributed by atoms with Crippen molar-refractivity contribution in [2.75, 3.05) is 27.9 Å². The molecule has 0 aliphatic carbocycles. The molecule has 136 valence electrons. The van der Waals surface area contributed by atoms with Crippen LogP contribution in [0.4, 0.5) is 0 Å². The SMILES string of the molecule is CCNC(=NCc1cc(OC)c(OC)cc1OC)NCc1cccs1. The fourth-order valence-corrected chi connectivity index (χ4v) is 2.95. The van der Waals surface area contributed by atoms with E-state index in [1.807, 2.05) is 25.1 Å². The van der Waals surface area contributed by atoms with Gasteiger partial charge in [-0.05, 0) is 24.4 Å². The Labute approximate surface area is 152 Å². The molecule has 0 saturated carbocycles. The van der Waals surface area contributed by atoms with E-state index in [1.54, 1.807) is 32.7 Å². The standard InChI is InChI=1S/C18H25N3O3S/c1-5-19-18(21-12-14-7-6-8-25-14)20-11-13-9-16(23-3)17(24-4)10-15(13)22-2/h6-10H,5,11-12H2,1-4H3,(H2,19,20,21). The minimum atomic E-state index is 0.462. The lowest BCUT2D eigenvalue weighted by atomic mass is 10.1. The molecule has 0 fully saturated rings. The molecule has 25 heavy (non-hydrogen) atoms. The monoisotopic (exact) mass is 363 g/mol. The number of benzene rings is 1. The summed E-state index contributed by atoms with van der Waals surface area (Å²) in [5.74, 6) is 2.77. The van der Waals surface area contributed by atoms with Crippen LogP contribution in [0.1, 0.15) is 17.4 Å². The van der Waals surface area contributed by atoms with Crippen molar-refractivity contribution < 1.29 is 14.2 Å². The number of hydrogen-bond donors (Lipinski definition) is 2. The topological polar surface area (TPSA) is 64.1 Å². The molecule has 0 radical (unpaired) electrons. The number of guanidine groups is 1. The summed E-state index contributed by atoms with van der Waals surface area (Å²) in [5, 5.41) is 8.65. The normalized spacial score (nSPS) is 11.1. The van der Waals surface area contributed by atoms with Gasteiger partial charge in [0.15, 0.2) is 17.5 Å². The van der Waals surface area contributed by atoms with Gasteiger partial charge in [-0.1, -0.05) is 6.07 Å². The molecule has 7 heteroatoms. The lowest BCUT2D eigenvalue weighted by molar-refractivity contribution is 0.347. The van der Waals surface area contributed by atoms with Crippen LogP contribution in [0.3, 0.4) is 0 Å². The third kappa shape index (κ3) is 5.29. The van der Waals surface area contributed by atoms with Crippen molar-refractivity contribution in [2.45, 2.75) is 20.0 Å². The van der Waals surface area contributed by atoms with E-state index in [4.69, 9.17) is 14.2 Å². The van der Waals surface area contributed by atoms with Crippen LogP contribution in [0.5, 0.6) is 17.2 Å². The Morgan fingerprint density at radius 3 is 2.36 bits per heavy atom. The molecule has 6 nitrogen and oxygen atoms in total. The Balaban J connectivity index is 2.15. The van der Waals surface area contributed by atoms with E-state index in [0.717, 1.165) is 30.4 Å². The maximum atomic E-state index is 5.45. The molecule has 0 aliphatic rings. The first kappa shape index (κ1) is 18.9. The summed E-state index contributed by atoms with van der Waals surface area (Å²) < 4.78 is 16.1. The lowest BCUT2D eigenvalue weighted by Crippen LogP contribution is -2.36. The van der Waals surface area contributed by atoms with Crippen molar-refractivity contribution in [1.29, 1.82) is 0 Å². The summed E-state index contributed by atoms with van der Waals surface area (Å²) in [7, 11) is 4.85. The molecule has 2 N–H and O–H groups in total. The van der Waals surface area contributed by atoms with Gasteiger partial charge < -0.3 is 24.8 Å². The van der Waals surface area contributed by atoms with E-state index >= 15 is 0 Å². The van der Waals surface area contributed by atoms with Crippen LogP contribution in [0, 0.1) is 0 Å². The Hall–Kier alpha value is -2.41. The van der Waals surface area contributed by atoms with E-state index in [9.17, 15) is 0 Å². The highest BCUT2D eigenvalue weighted by Gasteiger charge is 2.11. The molecular formula is C18H25N3O3S. The first-order valence-electron chi connectivity index (χ1n) is 8.05. The van der Waals surface area contributed by atoms with Crippen molar-refractivity contribution in [3.05, 3.63) is 40.1 Å². The molecule has 0 aliphatic heterocycles. The zero-order chi connectivity index (χ0) is 18.1. The van der Waals surface area contributed by atoms with Gasteiger partial charge in [-0.15, -0.1) is 11.3 Å². The molecule has 0 unspecified atom stereocenters. The second-order valence-electron chi connectivity index (χ2n) is 5.15. The first-order valence-corrected chi connectivity index (χ1v) is 8.93. The van der Waals surface area contributed by atoms with Gasteiger partial charge in [0, 0.05) is 23.1 Å². The molecule has 1 aromatic carbocycles.